The van der Waals surface area contributed by atoms with Crippen molar-refractivity contribution in [1.82, 2.24) is 0 Å². The Hall–Kier alpha value is -0.330. The third kappa shape index (κ3) is 2.70. The highest BCUT2D eigenvalue weighted by molar-refractivity contribution is 5.84. The average molecular weight is 427 g/mol. The van der Waals surface area contributed by atoms with E-state index in [1.165, 1.54) is 57.8 Å². The molecule has 0 radical (unpaired) electrons. The highest BCUT2D eigenvalue weighted by Gasteiger charge is 2.71. The van der Waals surface area contributed by atoms with Crippen molar-refractivity contribution in [1.29, 1.82) is 0 Å². The van der Waals surface area contributed by atoms with Crippen LogP contribution < -0.4 is 0 Å². The van der Waals surface area contributed by atoms with Crippen LogP contribution in [0.1, 0.15) is 120 Å². The second-order valence-corrected chi connectivity index (χ2v) is 15.1. The Morgan fingerprint density at radius 1 is 0.774 bits per heavy atom. The molecule has 0 aromatic heterocycles. The zero-order valence-corrected chi connectivity index (χ0v) is 21.9. The molecule has 9 atom stereocenters. The minimum atomic E-state index is 0.199. The van der Waals surface area contributed by atoms with Crippen LogP contribution in [-0.4, -0.2) is 5.78 Å². The second kappa shape index (κ2) is 6.63. The highest BCUT2D eigenvalue weighted by Crippen LogP contribution is 2.76. The summed E-state index contributed by atoms with van der Waals surface area (Å²) in [6, 6.07) is 0. The van der Waals surface area contributed by atoms with Crippen LogP contribution in [0, 0.1) is 62.6 Å². The predicted molar refractivity (Wildman–Crippen MR) is 130 cm³/mol. The minimum absolute atomic E-state index is 0.199. The van der Waals surface area contributed by atoms with E-state index in [-0.39, 0.29) is 5.41 Å². The van der Waals surface area contributed by atoms with Gasteiger partial charge in [0.2, 0.25) is 0 Å². The first kappa shape index (κ1) is 22.5. The van der Waals surface area contributed by atoms with Gasteiger partial charge in [0.25, 0.3) is 0 Å². The average Bonchev–Trinajstić information content (AvgIpc) is 3.01. The van der Waals surface area contributed by atoms with Gasteiger partial charge in [-0.05, 0) is 108 Å². The van der Waals surface area contributed by atoms with Gasteiger partial charge >= 0.3 is 0 Å². The molecule has 0 aromatic rings. The van der Waals surface area contributed by atoms with Crippen LogP contribution in [0.5, 0.6) is 0 Å². The first-order valence-electron chi connectivity index (χ1n) is 13.8. The Balaban J connectivity index is 1.59. The summed E-state index contributed by atoms with van der Waals surface area (Å²) in [5, 5.41) is 0. The molecule has 176 valence electrons. The summed E-state index contributed by atoms with van der Waals surface area (Å²) in [5.74, 6) is 4.47. The smallest absolute Gasteiger partial charge is 0.137 e. The molecule has 0 saturated heterocycles. The summed E-state index contributed by atoms with van der Waals surface area (Å²) in [6.07, 6.45) is 13.1. The summed E-state index contributed by atoms with van der Waals surface area (Å²) in [5.41, 5.74) is 1.73. The number of carbonyl (C=O) groups excluding carboxylic acids is 1. The van der Waals surface area contributed by atoms with Gasteiger partial charge in [0.1, 0.15) is 5.78 Å². The van der Waals surface area contributed by atoms with E-state index in [0.717, 1.165) is 18.3 Å². The maximum absolute atomic E-state index is 14.3. The molecule has 5 aliphatic rings. The van der Waals surface area contributed by atoms with Gasteiger partial charge in [-0.1, -0.05) is 61.8 Å². The standard InChI is InChI=1S/C30H50O/c1-19(2)20-10-14-27(5)16-17-30(8)25(24(20)27)21(31)18-23-28(6)13-9-12-26(3,4)22(28)11-15-29(23,30)7/h19-20,22-25H,9-18H2,1-8H3/t20-,22-,23+,24+,25-,27+,28-,29+,30+/m0/s1. The quantitative estimate of drug-likeness (QED) is 0.412. The Kier molecular flexibility index (Phi) is 4.80. The van der Waals surface area contributed by atoms with Crippen LogP contribution in [-0.2, 0) is 4.79 Å². The van der Waals surface area contributed by atoms with E-state index in [9.17, 15) is 4.79 Å². The molecule has 1 nitrogen and oxygen atoms in total. The third-order valence-electron chi connectivity index (χ3n) is 13.3. The Morgan fingerprint density at radius 2 is 1.48 bits per heavy atom. The molecule has 0 amide bonds. The first-order valence-corrected chi connectivity index (χ1v) is 13.8. The Morgan fingerprint density at radius 3 is 2.16 bits per heavy atom. The third-order valence-corrected chi connectivity index (χ3v) is 13.3. The second-order valence-electron chi connectivity index (χ2n) is 15.1. The molecule has 5 saturated carbocycles. The lowest BCUT2D eigenvalue weighted by molar-refractivity contribution is -0.229. The maximum Gasteiger partial charge on any atom is 0.137 e. The Bertz CT molecular complexity index is 764. The molecule has 1 heteroatoms. The lowest BCUT2D eigenvalue weighted by Gasteiger charge is -2.72. The number of Topliss-reactive ketones (excluding diaryl/α,β-unsaturated/α-hetero) is 1. The van der Waals surface area contributed by atoms with Crippen LogP contribution in [0.15, 0.2) is 0 Å². The van der Waals surface area contributed by atoms with Gasteiger partial charge < -0.3 is 0 Å². The fourth-order valence-corrected chi connectivity index (χ4v) is 11.5. The van der Waals surface area contributed by atoms with Crippen LogP contribution in [0.3, 0.4) is 0 Å². The molecule has 5 aliphatic carbocycles. The van der Waals surface area contributed by atoms with E-state index in [1.54, 1.807) is 0 Å². The molecule has 0 bridgehead atoms. The zero-order valence-electron chi connectivity index (χ0n) is 21.9. The number of hydrogen-bond acceptors (Lipinski definition) is 1. The van der Waals surface area contributed by atoms with Crippen LogP contribution in [0.25, 0.3) is 0 Å². The lowest BCUT2D eigenvalue weighted by Crippen LogP contribution is -2.67. The van der Waals surface area contributed by atoms with Gasteiger partial charge in [0.05, 0.1) is 0 Å². The fraction of sp³-hybridized carbons (Fsp3) is 0.967. The molecule has 5 rings (SSSR count). The van der Waals surface area contributed by atoms with Crippen molar-refractivity contribution in [2.45, 2.75) is 120 Å². The maximum atomic E-state index is 14.3. The van der Waals surface area contributed by atoms with Gasteiger partial charge in [-0.3, -0.25) is 4.79 Å². The molecule has 0 aromatic carbocycles. The van der Waals surface area contributed by atoms with Crippen molar-refractivity contribution in [2.24, 2.45) is 62.6 Å². The van der Waals surface area contributed by atoms with Gasteiger partial charge in [0.15, 0.2) is 0 Å². The monoisotopic (exact) mass is 426 g/mol. The number of ketones is 1. The predicted octanol–water partition coefficient (Wildman–Crippen LogP) is 8.31. The summed E-state index contributed by atoms with van der Waals surface area (Å²) in [7, 11) is 0. The normalized spacial score (nSPS) is 55.9. The number of carbonyl (C=O) groups is 1. The lowest BCUT2D eigenvalue weighted by atomic mass is 9.32. The molecule has 0 unspecified atom stereocenters. The van der Waals surface area contributed by atoms with E-state index < -0.39 is 0 Å². The Labute approximate surface area is 192 Å². The summed E-state index contributed by atoms with van der Waals surface area (Å²) in [6.45, 7) is 20.4. The van der Waals surface area contributed by atoms with Crippen LogP contribution >= 0.6 is 0 Å². The van der Waals surface area contributed by atoms with Crippen molar-refractivity contribution in [3.05, 3.63) is 0 Å². The summed E-state index contributed by atoms with van der Waals surface area (Å²) < 4.78 is 0. The molecule has 31 heavy (non-hydrogen) atoms. The van der Waals surface area contributed by atoms with Gasteiger partial charge in [0, 0.05) is 12.3 Å². The van der Waals surface area contributed by atoms with Crippen molar-refractivity contribution < 1.29 is 4.79 Å². The van der Waals surface area contributed by atoms with Crippen LogP contribution in [0.2, 0.25) is 0 Å². The van der Waals surface area contributed by atoms with E-state index in [4.69, 9.17) is 0 Å². The molecular formula is C30H50O. The SMILES string of the molecule is CC(C)[C@@H]1CC[C@]2(C)CC[C@]3(C)[C@@H](C(=O)C[C@@H]4[C@@]5(C)CCCC(C)(C)[C@@H]5CC[C@]43C)[C@@H]12. The molecule has 0 spiro atoms. The van der Waals surface area contributed by atoms with E-state index in [2.05, 4.69) is 55.4 Å². The van der Waals surface area contributed by atoms with Crippen molar-refractivity contribution >= 4 is 5.78 Å². The first-order chi connectivity index (χ1) is 14.3. The molecule has 0 heterocycles. The van der Waals surface area contributed by atoms with Crippen molar-refractivity contribution in [3.8, 4) is 0 Å². The summed E-state index contributed by atoms with van der Waals surface area (Å²) >= 11 is 0. The van der Waals surface area contributed by atoms with Crippen LogP contribution in [0.4, 0.5) is 0 Å². The molecule has 0 aliphatic heterocycles. The topological polar surface area (TPSA) is 17.1 Å². The van der Waals surface area contributed by atoms with E-state index in [1.807, 2.05) is 0 Å². The molecule has 5 fully saturated rings. The van der Waals surface area contributed by atoms with Crippen molar-refractivity contribution in [2.75, 3.05) is 0 Å². The molecule has 0 N–H and O–H groups in total. The zero-order chi connectivity index (χ0) is 22.6. The number of rotatable bonds is 1. The fourth-order valence-electron chi connectivity index (χ4n) is 11.5. The van der Waals surface area contributed by atoms with Gasteiger partial charge in [-0.2, -0.15) is 0 Å². The van der Waals surface area contributed by atoms with Crippen molar-refractivity contribution in [3.63, 3.8) is 0 Å². The van der Waals surface area contributed by atoms with Gasteiger partial charge in [-0.25, -0.2) is 0 Å². The van der Waals surface area contributed by atoms with E-state index >= 15 is 0 Å². The number of hydrogen-bond donors (Lipinski definition) is 0. The van der Waals surface area contributed by atoms with Gasteiger partial charge in [-0.15, -0.1) is 0 Å². The largest absolute Gasteiger partial charge is 0.299 e. The number of fused-ring (bicyclic) bond motifs is 7. The van der Waals surface area contributed by atoms with E-state index in [0.29, 0.717) is 51.1 Å². The minimum Gasteiger partial charge on any atom is -0.299 e. The highest BCUT2D eigenvalue weighted by atomic mass is 16.1. The molecular weight excluding hydrogens is 376 g/mol. The summed E-state index contributed by atoms with van der Waals surface area (Å²) in [4.78, 5) is 14.3.